The van der Waals surface area contributed by atoms with Crippen LogP contribution in [0.1, 0.15) is 11.1 Å². The Kier molecular flexibility index (Phi) is 5.01. The molecule has 0 unspecified atom stereocenters. The summed E-state index contributed by atoms with van der Waals surface area (Å²) in [4.78, 5) is 15.7. The van der Waals surface area contributed by atoms with Crippen molar-refractivity contribution in [1.29, 1.82) is 0 Å². The van der Waals surface area contributed by atoms with Gasteiger partial charge in [-0.05, 0) is 11.1 Å². The summed E-state index contributed by atoms with van der Waals surface area (Å²) >= 11 is 0. The van der Waals surface area contributed by atoms with Crippen LogP contribution in [0.15, 0.2) is 29.4 Å². The first kappa shape index (κ1) is 12.2. The molecule has 1 rings (SSSR count). The molecule has 0 aliphatic carbocycles. The van der Waals surface area contributed by atoms with Crippen LogP contribution in [0.2, 0.25) is 0 Å². The maximum atomic E-state index is 10.8. The first-order chi connectivity index (χ1) is 7.77. The molecule has 0 radical (unpaired) electrons. The molecule has 0 fully saturated rings. The summed E-state index contributed by atoms with van der Waals surface area (Å²) in [6.07, 6.45) is 1.06. The summed E-state index contributed by atoms with van der Waals surface area (Å²) in [5, 5.41) is 14.9. The Morgan fingerprint density at radius 3 is 2.81 bits per heavy atom. The van der Waals surface area contributed by atoms with E-state index in [9.17, 15) is 4.79 Å². The standard InChI is InChI=1S/C11H14N2O3/c1-12-11(15)6-13-16-8-10-5-3-2-4-9(10)7-14/h2-6,14H,7-8H2,1H3,(H,12,15)/b13-6+. The van der Waals surface area contributed by atoms with Gasteiger partial charge in [0.1, 0.15) is 12.8 Å². The van der Waals surface area contributed by atoms with Crippen molar-refractivity contribution in [3.8, 4) is 0 Å². The fourth-order valence-corrected chi connectivity index (χ4v) is 1.11. The Morgan fingerprint density at radius 1 is 1.50 bits per heavy atom. The molecule has 0 atom stereocenters. The fraction of sp³-hybridized carbons (Fsp3) is 0.273. The number of rotatable bonds is 5. The third kappa shape index (κ3) is 3.70. The van der Waals surface area contributed by atoms with Crippen molar-refractivity contribution in [2.24, 2.45) is 5.16 Å². The van der Waals surface area contributed by atoms with Gasteiger partial charge in [-0.2, -0.15) is 0 Å². The third-order valence-electron chi connectivity index (χ3n) is 2.00. The van der Waals surface area contributed by atoms with Gasteiger partial charge >= 0.3 is 0 Å². The van der Waals surface area contributed by atoms with Crippen molar-refractivity contribution in [2.75, 3.05) is 7.05 Å². The van der Waals surface area contributed by atoms with Gasteiger partial charge in [-0.15, -0.1) is 0 Å². The van der Waals surface area contributed by atoms with Gasteiger partial charge in [-0.3, -0.25) is 4.79 Å². The normalized spacial score (nSPS) is 10.4. The predicted molar refractivity (Wildman–Crippen MR) is 59.7 cm³/mol. The zero-order valence-electron chi connectivity index (χ0n) is 9.01. The Hall–Kier alpha value is -1.88. The number of carbonyl (C=O) groups is 1. The maximum Gasteiger partial charge on any atom is 0.265 e. The Morgan fingerprint density at radius 2 is 2.19 bits per heavy atom. The zero-order valence-corrected chi connectivity index (χ0v) is 9.01. The number of oxime groups is 1. The minimum atomic E-state index is -0.324. The van der Waals surface area contributed by atoms with Crippen LogP contribution >= 0.6 is 0 Å². The van der Waals surface area contributed by atoms with Crippen molar-refractivity contribution in [3.05, 3.63) is 35.4 Å². The number of benzene rings is 1. The molecule has 0 saturated carbocycles. The van der Waals surface area contributed by atoms with E-state index in [-0.39, 0.29) is 19.1 Å². The highest BCUT2D eigenvalue weighted by molar-refractivity contribution is 6.25. The lowest BCUT2D eigenvalue weighted by molar-refractivity contribution is -0.114. The molecule has 0 bridgehead atoms. The lowest BCUT2D eigenvalue weighted by atomic mass is 10.1. The number of carbonyl (C=O) groups excluding carboxylic acids is 1. The van der Waals surface area contributed by atoms with Crippen LogP contribution in [0.4, 0.5) is 0 Å². The van der Waals surface area contributed by atoms with Crippen LogP contribution in [-0.2, 0) is 22.8 Å². The minimum absolute atomic E-state index is 0.0430. The fourth-order valence-electron chi connectivity index (χ4n) is 1.11. The Balaban J connectivity index is 2.48. The molecule has 2 N–H and O–H groups in total. The average molecular weight is 222 g/mol. The van der Waals surface area contributed by atoms with Crippen LogP contribution in [0.5, 0.6) is 0 Å². The van der Waals surface area contributed by atoms with Crippen LogP contribution in [0.3, 0.4) is 0 Å². The molecule has 1 amide bonds. The van der Waals surface area contributed by atoms with Gasteiger partial charge in [0.2, 0.25) is 0 Å². The molecule has 0 aromatic heterocycles. The minimum Gasteiger partial charge on any atom is -0.392 e. The van der Waals surface area contributed by atoms with E-state index in [1.807, 2.05) is 18.2 Å². The Labute approximate surface area is 93.7 Å². The average Bonchev–Trinajstić information content (AvgIpc) is 2.34. The van der Waals surface area contributed by atoms with Crippen LogP contribution in [-0.4, -0.2) is 24.3 Å². The van der Waals surface area contributed by atoms with Gasteiger partial charge in [0.05, 0.1) is 6.61 Å². The molecule has 1 aromatic rings. The largest absolute Gasteiger partial charge is 0.392 e. The maximum absolute atomic E-state index is 10.8. The molecule has 0 aliphatic rings. The van der Waals surface area contributed by atoms with Crippen molar-refractivity contribution < 1.29 is 14.7 Å². The smallest absolute Gasteiger partial charge is 0.265 e. The molecule has 0 saturated heterocycles. The van der Waals surface area contributed by atoms with E-state index >= 15 is 0 Å². The Bertz CT molecular complexity index is 377. The van der Waals surface area contributed by atoms with Gasteiger partial charge in [-0.25, -0.2) is 0 Å². The lowest BCUT2D eigenvalue weighted by Gasteiger charge is -2.04. The lowest BCUT2D eigenvalue weighted by Crippen LogP contribution is -2.18. The van der Waals surface area contributed by atoms with E-state index in [1.165, 1.54) is 7.05 Å². The highest BCUT2D eigenvalue weighted by Gasteiger charge is 2.00. The second-order valence-electron chi connectivity index (χ2n) is 3.05. The summed E-state index contributed by atoms with van der Waals surface area (Å²) in [7, 11) is 1.51. The van der Waals surface area contributed by atoms with Crippen molar-refractivity contribution in [2.45, 2.75) is 13.2 Å². The van der Waals surface area contributed by atoms with Gasteiger partial charge in [0.25, 0.3) is 5.91 Å². The van der Waals surface area contributed by atoms with Gasteiger partial charge in [0.15, 0.2) is 0 Å². The molecular formula is C11H14N2O3. The molecule has 16 heavy (non-hydrogen) atoms. The zero-order chi connectivity index (χ0) is 11.8. The first-order valence-electron chi connectivity index (χ1n) is 4.82. The van der Waals surface area contributed by atoms with E-state index in [1.54, 1.807) is 6.07 Å². The quantitative estimate of drug-likeness (QED) is 0.560. The third-order valence-corrected chi connectivity index (χ3v) is 2.00. The highest BCUT2D eigenvalue weighted by atomic mass is 16.6. The van der Waals surface area contributed by atoms with E-state index in [0.717, 1.165) is 17.3 Å². The molecule has 1 aromatic carbocycles. The molecule has 5 heteroatoms. The molecule has 86 valence electrons. The van der Waals surface area contributed by atoms with Gasteiger partial charge in [0, 0.05) is 7.05 Å². The molecule has 0 spiro atoms. The number of hydrogen-bond donors (Lipinski definition) is 2. The number of nitrogens with one attached hydrogen (secondary N) is 1. The van der Waals surface area contributed by atoms with Gasteiger partial charge in [-0.1, -0.05) is 29.4 Å². The molecule has 5 nitrogen and oxygen atoms in total. The summed E-state index contributed by atoms with van der Waals surface area (Å²) < 4.78 is 0. The van der Waals surface area contributed by atoms with Crippen LogP contribution in [0, 0.1) is 0 Å². The number of aliphatic hydroxyl groups excluding tert-OH is 1. The van der Waals surface area contributed by atoms with Crippen LogP contribution < -0.4 is 5.32 Å². The van der Waals surface area contributed by atoms with E-state index in [2.05, 4.69) is 10.5 Å². The highest BCUT2D eigenvalue weighted by Crippen LogP contribution is 2.09. The van der Waals surface area contributed by atoms with E-state index in [0.29, 0.717) is 0 Å². The SMILES string of the molecule is CNC(=O)/C=N/OCc1ccccc1CO. The van der Waals surface area contributed by atoms with Gasteiger partial charge < -0.3 is 15.3 Å². The topological polar surface area (TPSA) is 70.9 Å². The number of hydrogen-bond acceptors (Lipinski definition) is 4. The van der Waals surface area contributed by atoms with Crippen molar-refractivity contribution in [1.82, 2.24) is 5.32 Å². The monoisotopic (exact) mass is 222 g/mol. The molecular weight excluding hydrogens is 208 g/mol. The molecule has 0 aliphatic heterocycles. The summed E-state index contributed by atoms with van der Waals surface area (Å²) in [6.45, 7) is 0.183. The second-order valence-corrected chi connectivity index (χ2v) is 3.05. The number of nitrogens with zero attached hydrogens (tertiary/aromatic N) is 1. The summed E-state index contributed by atoms with van der Waals surface area (Å²) in [5.41, 5.74) is 1.64. The summed E-state index contributed by atoms with van der Waals surface area (Å²) in [6, 6.07) is 7.32. The van der Waals surface area contributed by atoms with E-state index < -0.39 is 0 Å². The summed E-state index contributed by atoms with van der Waals surface area (Å²) in [5.74, 6) is -0.324. The van der Waals surface area contributed by atoms with Crippen LogP contribution in [0.25, 0.3) is 0 Å². The van der Waals surface area contributed by atoms with Crippen molar-refractivity contribution in [3.63, 3.8) is 0 Å². The first-order valence-corrected chi connectivity index (χ1v) is 4.82. The predicted octanol–water partition coefficient (Wildman–Crippen LogP) is 0.427. The molecule has 0 heterocycles. The van der Waals surface area contributed by atoms with Crippen molar-refractivity contribution >= 4 is 12.1 Å². The number of amides is 1. The van der Waals surface area contributed by atoms with E-state index in [4.69, 9.17) is 9.94 Å². The second kappa shape index (κ2) is 6.58. The number of aliphatic hydroxyl groups is 1.